The van der Waals surface area contributed by atoms with Crippen molar-refractivity contribution >= 4 is 5.95 Å². The van der Waals surface area contributed by atoms with Crippen molar-refractivity contribution in [3.05, 3.63) is 11.9 Å². The van der Waals surface area contributed by atoms with Crippen molar-refractivity contribution in [2.24, 2.45) is 5.92 Å². The van der Waals surface area contributed by atoms with Crippen LogP contribution in [0.4, 0.5) is 5.95 Å². The Morgan fingerprint density at radius 2 is 2.35 bits per heavy atom. The van der Waals surface area contributed by atoms with E-state index in [4.69, 9.17) is 4.74 Å². The molecule has 5 heteroatoms. The van der Waals surface area contributed by atoms with Gasteiger partial charge in [-0.3, -0.25) is 0 Å². The van der Waals surface area contributed by atoms with Crippen LogP contribution in [-0.2, 0) is 4.74 Å². The van der Waals surface area contributed by atoms with E-state index >= 15 is 0 Å². The van der Waals surface area contributed by atoms with Crippen LogP contribution in [0.5, 0.6) is 0 Å². The lowest BCUT2D eigenvalue weighted by Gasteiger charge is -2.18. The number of hydrogen-bond donors (Lipinski definition) is 1. The maximum atomic E-state index is 5.25. The molecule has 1 aliphatic heterocycles. The number of rotatable bonds is 7. The number of methoxy groups -OCH3 is 1. The number of hydrogen-bond acceptors (Lipinski definition) is 4. The molecule has 0 aromatic carbocycles. The lowest BCUT2D eigenvalue weighted by molar-refractivity contribution is 0.163. The first-order valence-corrected chi connectivity index (χ1v) is 7.64. The summed E-state index contributed by atoms with van der Waals surface area (Å²) >= 11 is 0. The second-order valence-corrected chi connectivity index (χ2v) is 5.85. The van der Waals surface area contributed by atoms with Crippen LogP contribution in [-0.4, -0.2) is 54.3 Å². The van der Waals surface area contributed by atoms with E-state index in [-0.39, 0.29) is 0 Å². The minimum absolute atomic E-state index is 0.305. The van der Waals surface area contributed by atoms with Crippen LogP contribution in [0.15, 0.2) is 6.20 Å². The zero-order chi connectivity index (χ0) is 14.5. The van der Waals surface area contributed by atoms with Crippen LogP contribution >= 0.6 is 0 Å². The minimum Gasteiger partial charge on any atom is -0.383 e. The fourth-order valence-electron chi connectivity index (χ4n) is 2.91. The number of nitrogens with zero attached hydrogens (tertiary/aromatic N) is 3. The summed E-state index contributed by atoms with van der Waals surface area (Å²) < 4.78 is 7.43. The van der Waals surface area contributed by atoms with Gasteiger partial charge in [0, 0.05) is 26.4 Å². The molecule has 2 unspecified atom stereocenters. The van der Waals surface area contributed by atoms with Gasteiger partial charge < -0.3 is 19.5 Å². The predicted octanol–water partition coefficient (Wildman–Crippen LogP) is 2.15. The van der Waals surface area contributed by atoms with Gasteiger partial charge in [0.25, 0.3) is 0 Å². The number of nitrogens with one attached hydrogen (secondary N) is 1. The Kier molecular flexibility index (Phi) is 5.43. The third-order valence-electron chi connectivity index (χ3n) is 4.10. The molecule has 1 N–H and O–H groups in total. The molecule has 1 aromatic rings. The maximum absolute atomic E-state index is 5.25. The topological polar surface area (TPSA) is 42.3 Å². The molecule has 20 heavy (non-hydrogen) atoms. The van der Waals surface area contributed by atoms with Crippen LogP contribution in [0.2, 0.25) is 0 Å². The first kappa shape index (κ1) is 15.3. The largest absolute Gasteiger partial charge is 0.383 e. The summed E-state index contributed by atoms with van der Waals surface area (Å²) in [5.74, 6) is 1.71. The molecule has 0 aliphatic carbocycles. The van der Waals surface area contributed by atoms with Crippen molar-refractivity contribution in [3.63, 3.8) is 0 Å². The molecule has 5 nitrogen and oxygen atoms in total. The SMILES string of the molecule is CCN1CCC(CNc2nc(C)cn2C(C)COC)C1. The summed E-state index contributed by atoms with van der Waals surface area (Å²) in [7, 11) is 1.74. The Bertz CT molecular complexity index is 418. The van der Waals surface area contributed by atoms with Gasteiger partial charge in [0.2, 0.25) is 5.95 Å². The van der Waals surface area contributed by atoms with Gasteiger partial charge in [-0.05, 0) is 39.3 Å². The van der Waals surface area contributed by atoms with Crippen molar-refractivity contribution in [2.75, 3.05) is 45.2 Å². The van der Waals surface area contributed by atoms with Crippen LogP contribution in [0.1, 0.15) is 32.0 Å². The van der Waals surface area contributed by atoms with Gasteiger partial charge in [-0.25, -0.2) is 4.98 Å². The lowest BCUT2D eigenvalue weighted by Crippen LogP contribution is -2.23. The van der Waals surface area contributed by atoms with Gasteiger partial charge in [0.15, 0.2) is 0 Å². The molecule has 0 amide bonds. The van der Waals surface area contributed by atoms with E-state index in [0.717, 1.165) is 30.6 Å². The highest BCUT2D eigenvalue weighted by Gasteiger charge is 2.21. The average Bonchev–Trinajstić information content (AvgIpc) is 3.02. The monoisotopic (exact) mass is 280 g/mol. The molecule has 1 aromatic heterocycles. The average molecular weight is 280 g/mol. The fraction of sp³-hybridized carbons (Fsp3) is 0.800. The summed E-state index contributed by atoms with van der Waals surface area (Å²) in [4.78, 5) is 7.11. The lowest BCUT2D eigenvalue weighted by atomic mass is 10.1. The van der Waals surface area contributed by atoms with Gasteiger partial charge in [0.1, 0.15) is 0 Å². The number of aromatic nitrogens is 2. The zero-order valence-electron chi connectivity index (χ0n) is 13.2. The van der Waals surface area contributed by atoms with E-state index < -0.39 is 0 Å². The normalized spacial score (nSPS) is 21.3. The number of aryl methyl sites for hydroxylation is 1. The highest BCUT2D eigenvalue weighted by molar-refractivity contribution is 5.29. The Labute approximate surface area is 122 Å². The number of ether oxygens (including phenoxy) is 1. The summed E-state index contributed by atoms with van der Waals surface area (Å²) in [5, 5.41) is 3.53. The van der Waals surface area contributed by atoms with Gasteiger partial charge in [-0.2, -0.15) is 0 Å². The maximum Gasteiger partial charge on any atom is 0.203 e. The quantitative estimate of drug-likeness (QED) is 0.831. The fourth-order valence-corrected chi connectivity index (χ4v) is 2.91. The minimum atomic E-state index is 0.305. The molecular formula is C15H28N4O. The van der Waals surface area contributed by atoms with Gasteiger partial charge in [0.05, 0.1) is 18.3 Å². The predicted molar refractivity (Wildman–Crippen MR) is 82.3 cm³/mol. The van der Waals surface area contributed by atoms with E-state index in [1.807, 2.05) is 6.92 Å². The summed E-state index contributed by atoms with van der Waals surface area (Å²) in [5.41, 5.74) is 1.05. The third-order valence-corrected chi connectivity index (χ3v) is 4.10. The van der Waals surface area contributed by atoms with E-state index in [2.05, 4.69) is 39.8 Å². The molecule has 114 valence electrons. The third kappa shape index (κ3) is 3.73. The Morgan fingerprint density at radius 1 is 1.55 bits per heavy atom. The van der Waals surface area contributed by atoms with Crippen LogP contribution in [0.25, 0.3) is 0 Å². The number of likely N-dealkylation sites (tertiary alicyclic amines) is 1. The molecule has 2 rings (SSSR count). The van der Waals surface area contributed by atoms with E-state index in [9.17, 15) is 0 Å². The zero-order valence-corrected chi connectivity index (χ0v) is 13.2. The molecular weight excluding hydrogens is 252 g/mol. The summed E-state index contributed by atoms with van der Waals surface area (Å²) in [6, 6.07) is 0.305. The van der Waals surface area contributed by atoms with Crippen LogP contribution in [0.3, 0.4) is 0 Å². The van der Waals surface area contributed by atoms with Crippen molar-refractivity contribution < 1.29 is 4.74 Å². The number of anilines is 1. The molecule has 0 radical (unpaired) electrons. The Morgan fingerprint density at radius 3 is 3.00 bits per heavy atom. The molecule has 2 heterocycles. The van der Waals surface area contributed by atoms with E-state index in [1.54, 1.807) is 7.11 Å². The number of imidazole rings is 1. The Balaban J connectivity index is 1.92. The molecule has 0 saturated carbocycles. The molecule has 1 fully saturated rings. The molecule has 0 bridgehead atoms. The van der Waals surface area contributed by atoms with Crippen molar-refractivity contribution in [3.8, 4) is 0 Å². The first-order chi connectivity index (χ1) is 9.63. The molecule has 1 aliphatic rings. The highest BCUT2D eigenvalue weighted by Crippen LogP contribution is 2.19. The van der Waals surface area contributed by atoms with E-state index in [1.165, 1.54) is 19.5 Å². The first-order valence-electron chi connectivity index (χ1n) is 7.64. The highest BCUT2D eigenvalue weighted by atomic mass is 16.5. The van der Waals surface area contributed by atoms with Crippen LogP contribution < -0.4 is 5.32 Å². The summed E-state index contributed by atoms with van der Waals surface area (Å²) in [6.07, 6.45) is 3.38. The molecule has 1 saturated heterocycles. The van der Waals surface area contributed by atoms with Gasteiger partial charge >= 0.3 is 0 Å². The molecule has 0 spiro atoms. The Hall–Kier alpha value is -1.07. The summed E-state index contributed by atoms with van der Waals surface area (Å²) in [6.45, 7) is 11.7. The van der Waals surface area contributed by atoms with Crippen molar-refractivity contribution in [1.29, 1.82) is 0 Å². The molecule has 2 atom stereocenters. The van der Waals surface area contributed by atoms with Gasteiger partial charge in [-0.1, -0.05) is 6.92 Å². The van der Waals surface area contributed by atoms with Crippen LogP contribution in [0, 0.1) is 12.8 Å². The second-order valence-electron chi connectivity index (χ2n) is 5.85. The van der Waals surface area contributed by atoms with Crippen molar-refractivity contribution in [2.45, 2.75) is 33.2 Å². The van der Waals surface area contributed by atoms with E-state index in [0.29, 0.717) is 12.6 Å². The standard InChI is InChI=1S/C15H28N4O/c1-5-18-7-6-14(10-18)8-16-15-17-12(2)9-19(15)13(3)11-20-4/h9,13-14H,5-8,10-11H2,1-4H3,(H,16,17). The smallest absolute Gasteiger partial charge is 0.203 e. The second kappa shape index (κ2) is 7.09. The van der Waals surface area contributed by atoms with Crippen molar-refractivity contribution in [1.82, 2.24) is 14.5 Å². The van der Waals surface area contributed by atoms with Gasteiger partial charge in [-0.15, -0.1) is 0 Å².